The summed E-state index contributed by atoms with van der Waals surface area (Å²) in [7, 11) is 0. The number of thiophene rings is 1. The van der Waals surface area contributed by atoms with E-state index in [9.17, 15) is 4.79 Å². The molecule has 3 rings (SSSR count). The van der Waals surface area contributed by atoms with Gasteiger partial charge in [-0.3, -0.25) is 0 Å². The molecule has 7 heteroatoms. The van der Waals surface area contributed by atoms with Crippen molar-refractivity contribution in [1.82, 2.24) is 20.6 Å². The number of hydrogen-bond acceptors (Lipinski definition) is 4. The van der Waals surface area contributed by atoms with Gasteiger partial charge in [-0.05, 0) is 32.3 Å². The van der Waals surface area contributed by atoms with Crippen molar-refractivity contribution in [1.29, 1.82) is 0 Å². The molecular weight excluding hydrogens is 308 g/mol. The second kappa shape index (κ2) is 5.77. The Hall–Kier alpha value is -1.40. The molecule has 0 bridgehead atoms. The molecule has 0 aromatic carbocycles. The van der Waals surface area contributed by atoms with Crippen molar-refractivity contribution in [3.8, 4) is 0 Å². The van der Waals surface area contributed by atoms with Gasteiger partial charge >= 0.3 is 6.03 Å². The van der Waals surface area contributed by atoms with Gasteiger partial charge in [0, 0.05) is 23.4 Å². The second-order valence-corrected chi connectivity index (χ2v) is 7.00. The van der Waals surface area contributed by atoms with E-state index in [0.717, 1.165) is 29.5 Å². The Labute approximate surface area is 132 Å². The lowest BCUT2D eigenvalue weighted by Gasteiger charge is -2.24. The number of hydrogen-bond donors (Lipinski definition) is 2. The van der Waals surface area contributed by atoms with Crippen LogP contribution >= 0.6 is 22.9 Å². The van der Waals surface area contributed by atoms with Gasteiger partial charge in [0.1, 0.15) is 16.3 Å². The van der Waals surface area contributed by atoms with Gasteiger partial charge in [-0.2, -0.15) is 0 Å². The van der Waals surface area contributed by atoms with Crippen LogP contribution in [0.15, 0.2) is 6.33 Å². The fourth-order valence-electron chi connectivity index (χ4n) is 2.68. The van der Waals surface area contributed by atoms with Crippen LogP contribution in [-0.2, 0) is 12.8 Å². The highest BCUT2D eigenvalue weighted by Crippen LogP contribution is 2.37. The standard InChI is InChI=1S/C14H17ClN4OS/c1-7(2)18-14(20)19-8-3-4-9-10(5-8)21-13-11(9)12(15)16-6-17-13/h6-8H,3-5H2,1-2H3,(H2,18,19,20). The molecule has 0 fully saturated rings. The minimum absolute atomic E-state index is 0.0996. The van der Waals surface area contributed by atoms with Gasteiger partial charge in [0.05, 0.1) is 5.39 Å². The number of aryl methyl sites for hydroxylation is 1. The fraction of sp³-hybridized carbons (Fsp3) is 0.500. The first-order valence-corrected chi connectivity index (χ1v) is 8.22. The van der Waals surface area contributed by atoms with E-state index in [-0.39, 0.29) is 18.1 Å². The van der Waals surface area contributed by atoms with Crippen molar-refractivity contribution in [2.45, 2.75) is 45.2 Å². The van der Waals surface area contributed by atoms with E-state index < -0.39 is 0 Å². The van der Waals surface area contributed by atoms with Crippen molar-refractivity contribution in [2.75, 3.05) is 0 Å². The average Bonchev–Trinajstić information content (AvgIpc) is 2.76. The fourth-order valence-corrected chi connectivity index (χ4v) is 4.25. The number of carbonyl (C=O) groups is 1. The zero-order valence-electron chi connectivity index (χ0n) is 11.9. The van der Waals surface area contributed by atoms with Crippen LogP contribution in [0, 0.1) is 0 Å². The summed E-state index contributed by atoms with van der Waals surface area (Å²) in [6, 6.07) is 0.205. The van der Waals surface area contributed by atoms with Crippen molar-refractivity contribution in [3.63, 3.8) is 0 Å². The Morgan fingerprint density at radius 2 is 2.29 bits per heavy atom. The van der Waals surface area contributed by atoms with E-state index in [0.29, 0.717) is 5.15 Å². The number of urea groups is 1. The molecule has 0 spiro atoms. The molecule has 2 N–H and O–H groups in total. The van der Waals surface area contributed by atoms with E-state index in [2.05, 4.69) is 20.6 Å². The van der Waals surface area contributed by atoms with Gasteiger partial charge < -0.3 is 10.6 Å². The number of nitrogens with one attached hydrogen (secondary N) is 2. The van der Waals surface area contributed by atoms with E-state index >= 15 is 0 Å². The number of carbonyl (C=O) groups excluding carboxylic acids is 1. The molecule has 1 aliphatic carbocycles. The van der Waals surface area contributed by atoms with E-state index in [1.54, 1.807) is 11.3 Å². The molecular formula is C14H17ClN4OS. The summed E-state index contributed by atoms with van der Waals surface area (Å²) in [5.41, 5.74) is 1.25. The summed E-state index contributed by atoms with van der Waals surface area (Å²) < 4.78 is 0. The lowest BCUT2D eigenvalue weighted by atomic mass is 9.93. The smallest absolute Gasteiger partial charge is 0.315 e. The van der Waals surface area contributed by atoms with Crippen LogP contribution in [0.25, 0.3) is 10.2 Å². The molecule has 1 aliphatic rings. The molecule has 2 aromatic rings. The normalized spacial score (nSPS) is 17.8. The highest BCUT2D eigenvalue weighted by atomic mass is 35.5. The Morgan fingerprint density at radius 1 is 1.48 bits per heavy atom. The van der Waals surface area contributed by atoms with Gasteiger partial charge in [-0.1, -0.05) is 11.6 Å². The Bertz CT molecular complexity index is 685. The van der Waals surface area contributed by atoms with Crippen LogP contribution in [-0.4, -0.2) is 28.1 Å². The monoisotopic (exact) mass is 324 g/mol. The third-order valence-electron chi connectivity index (χ3n) is 3.55. The van der Waals surface area contributed by atoms with Crippen molar-refractivity contribution < 1.29 is 4.79 Å². The highest BCUT2D eigenvalue weighted by Gasteiger charge is 2.25. The van der Waals surface area contributed by atoms with Crippen molar-refractivity contribution >= 4 is 39.2 Å². The number of rotatable bonds is 2. The maximum atomic E-state index is 11.8. The van der Waals surface area contributed by atoms with Crippen LogP contribution in [0.3, 0.4) is 0 Å². The summed E-state index contributed by atoms with van der Waals surface area (Å²) >= 11 is 7.84. The maximum Gasteiger partial charge on any atom is 0.315 e. The predicted molar refractivity (Wildman–Crippen MR) is 85.0 cm³/mol. The van der Waals surface area contributed by atoms with Crippen LogP contribution in [0.4, 0.5) is 4.79 Å². The first-order valence-electron chi connectivity index (χ1n) is 7.02. The molecule has 21 heavy (non-hydrogen) atoms. The molecule has 0 saturated carbocycles. The molecule has 5 nitrogen and oxygen atoms in total. The average molecular weight is 325 g/mol. The van der Waals surface area contributed by atoms with Crippen LogP contribution in [0.2, 0.25) is 5.15 Å². The SMILES string of the molecule is CC(C)NC(=O)NC1CCc2c(sc3ncnc(Cl)c23)C1. The molecule has 112 valence electrons. The van der Waals surface area contributed by atoms with E-state index in [4.69, 9.17) is 11.6 Å². The van der Waals surface area contributed by atoms with Crippen molar-refractivity contribution in [2.24, 2.45) is 0 Å². The molecule has 2 aromatic heterocycles. The van der Waals surface area contributed by atoms with Crippen LogP contribution in [0.1, 0.15) is 30.7 Å². The summed E-state index contributed by atoms with van der Waals surface area (Å²) in [6.45, 7) is 3.90. The minimum atomic E-state index is -0.0996. The first kappa shape index (κ1) is 14.5. The van der Waals surface area contributed by atoms with Gasteiger partial charge in [-0.15, -0.1) is 11.3 Å². The zero-order chi connectivity index (χ0) is 15.0. The van der Waals surface area contributed by atoms with E-state index in [1.165, 1.54) is 16.8 Å². The highest BCUT2D eigenvalue weighted by molar-refractivity contribution is 7.19. The zero-order valence-corrected chi connectivity index (χ0v) is 13.5. The minimum Gasteiger partial charge on any atom is -0.336 e. The summed E-state index contributed by atoms with van der Waals surface area (Å²) in [6.07, 6.45) is 4.14. The number of aromatic nitrogens is 2. The molecule has 1 atom stereocenters. The summed E-state index contributed by atoms with van der Waals surface area (Å²) in [4.78, 5) is 22.4. The quantitative estimate of drug-likeness (QED) is 0.835. The second-order valence-electron chi connectivity index (χ2n) is 5.56. The predicted octanol–water partition coefficient (Wildman–Crippen LogP) is 2.91. The van der Waals surface area contributed by atoms with Gasteiger partial charge in [-0.25, -0.2) is 14.8 Å². The van der Waals surface area contributed by atoms with Crippen molar-refractivity contribution in [3.05, 3.63) is 21.9 Å². The number of halogens is 1. The topological polar surface area (TPSA) is 66.9 Å². The van der Waals surface area contributed by atoms with Gasteiger partial charge in [0.2, 0.25) is 0 Å². The summed E-state index contributed by atoms with van der Waals surface area (Å²) in [5.74, 6) is 0. The third kappa shape index (κ3) is 2.96. The van der Waals surface area contributed by atoms with Crippen LogP contribution in [0.5, 0.6) is 0 Å². The summed E-state index contributed by atoms with van der Waals surface area (Å²) in [5, 5.41) is 7.42. The number of fused-ring (bicyclic) bond motifs is 3. The number of nitrogens with zero attached hydrogens (tertiary/aromatic N) is 2. The Balaban J connectivity index is 1.79. The Kier molecular flexibility index (Phi) is 3.99. The van der Waals surface area contributed by atoms with E-state index in [1.807, 2.05) is 13.8 Å². The first-order chi connectivity index (χ1) is 10.0. The lowest BCUT2D eigenvalue weighted by Crippen LogP contribution is -2.46. The number of amides is 2. The maximum absolute atomic E-state index is 11.8. The molecule has 2 amide bonds. The third-order valence-corrected chi connectivity index (χ3v) is 5.00. The molecule has 1 unspecified atom stereocenters. The van der Waals surface area contributed by atoms with Gasteiger partial charge in [0.25, 0.3) is 0 Å². The van der Waals surface area contributed by atoms with Gasteiger partial charge in [0.15, 0.2) is 0 Å². The molecule has 0 radical (unpaired) electrons. The lowest BCUT2D eigenvalue weighted by molar-refractivity contribution is 0.233. The Morgan fingerprint density at radius 3 is 3.05 bits per heavy atom. The molecule has 0 saturated heterocycles. The molecule has 2 heterocycles. The molecule has 0 aliphatic heterocycles. The van der Waals surface area contributed by atoms with Crippen LogP contribution < -0.4 is 10.6 Å². The largest absolute Gasteiger partial charge is 0.336 e.